The second-order valence-electron chi connectivity index (χ2n) is 1.88. The topological polar surface area (TPSA) is 51.4 Å². The molecule has 3 nitrogen and oxygen atoms in total. The van der Waals surface area contributed by atoms with Gasteiger partial charge in [-0.05, 0) is 12.8 Å². The van der Waals surface area contributed by atoms with Crippen LogP contribution in [0, 0.1) is 0 Å². The molecule has 9 heavy (non-hydrogen) atoms. The van der Waals surface area contributed by atoms with Crippen molar-refractivity contribution in [3.05, 3.63) is 0 Å². The number of carboxylic acid groups (broad SMARTS) is 1. The first kappa shape index (κ1) is 8.27. The van der Waals surface area contributed by atoms with Gasteiger partial charge in [-0.1, -0.05) is 13.8 Å². The third-order valence-corrected chi connectivity index (χ3v) is 1.24. The summed E-state index contributed by atoms with van der Waals surface area (Å²) in [6, 6.07) is 0.00231. The number of nitrogens with zero attached hydrogens (tertiary/aromatic N) is 1. The van der Waals surface area contributed by atoms with Gasteiger partial charge < -0.3 is 5.11 Å². The fourth-order valence-electron chi connectivity index (χ4n) is 0.627. The predicted molar refractivity (Wildman–Crippen MR) is 34.5 cm³/mol. The van der Waals surface area contributed by atoms with Crippen molar-refractivity contribution in [3.8, 4) is 0 Å². The molecule has 0 heterocycles. The zero-order chi connectivity index (χ0) is 7.28. The molecule has 0 aliphatic rings. The summed E-state index contributed by atoms with van der Waals surface area (Å²) in [5, 5.41) is 11.6. The van der Waals surface area contributed by atoms with Gasteiger partial charge in [0.25, 0.3) is 0 Å². The van der Waals surface area contributed by atoms with Gasteiger partial charge in [0.05, 0.1) is 6.04 Å². The zero-order valence-electron chi connectivity index (χ0n) is 5.79. The molecule has 0 aromatic rings. The van der Waals surface area contributed by atoms with Crippen molar-refractivity contribution in [1.29, 1.82) is 0 Å². The van der Waals surface area contributed by atoms with Crippen molar-refractivity contribution in [2.24, 2.45) is 0 Å². The maximum Gasteiger partial charge on any atom is 0.426 e. The highest BCUT2D eigenvalue weighted by Crippen LogP contribution is 1.96. The van der Waals surface area contributed by atoms with Gasteiger partial charge in [0, 0.05) is 0 Å². The summed E-state index contributed by atoms with van der Waals surface area (Å²) in [5.41, 5.74) is 0. The van der Waals surface area contributed by atoms with Crippen LogP contribution in [0.3, 0.4) is 0 Å². The number of hydrogen-bond donors (Lipinski definition) is 1. The van der Waals surface area contributed by atoms with Gasteiger partial charge in [-0.3, -0.25) is 0 Å². The molecule has 0 aliphatic heterocycles. The average Bonchev–Trinajstić information content (AvgIpc) is 1.82. The molecule has 0 aromatic heterocycles. The molecule has 0 saturated heterocycles. The van der Waals surface area contributed by atoms with E-state index < -0.39 is 6.09 Å². The van der Waals surface area contributed by atoms with Crippen LogP contribution in [0.15, 0.2) is 0 Å². The van der Waals surface area contributed by atoms with E-state index in [4.69, 9.17) is 5.11 Å². The quantitative estimate of drug-likeness (QED) is 0.628. The first-order valence-corrected chi connectivity index (χ1v) is 3.14. The highest BCUT2D eigenvalue weighted by molar-refractivity contribution is 5.64. The Morgan fingerprint density at radius 2 is 2.00 bits per heavy atom. The Labute approximate surface area is 55.1 Å². The van der Waals surface area contributed by atoms with Crippen LogP contribution in [0.5, 0.6) is 0 Å². The van der Waals surface area contributed by atoms with Gasteiger partial charge in [-0.25, -0.2) is 10.1 Å². The van der Waals surface area contributed by atoms with Crippen LogP contribution >= 0.6 is 0 Å². The van der Waals surface area contributed by atoms with Crippen molar-refractivity contribution >= 4 is 6.09 Å². The van der Waals surface area contributed by atoms with Crippen molar-refractivity contribution in [2.45, 2.75) is 32.7 Å². The Hall–Kier alpha value is -0.730. The monoisotopic (exact) mass is 130 g/mol. The van der Waals surface area contributed by atoms with E-state index >= 15 is 0 Å². The minimum Gasteiger partial charge on any atom is -0.464 e. The minimum absolute atomic E-state index is 0.00231. The lowest BCUT2D eigenvalue weighted by Gasteiger charge is -2.06. The van der Waals surface area contributed by atoms with Crippen LogP contribution in [0.1, 0.15) is 26.7 Å². The summed E-state index contributed by atoms with van der Waals surface area (Å²) in [6.07, 6.45) is 0.565. The van der Waals surface area contributed by atoms with E-state index in [9.17, 15) is 4.79 Å². The van der Waals surface area contributed by atoms with Crippen LogP contribution in [0.4, 0.5) is 4.79 Å². The molecule has 0 rings (SSSR count). The minimum atomic E-state index is -1.05. The van der Waals surface area contributed by atoms with Crippen LogP contribution in [0.2, 0.25) is 0 Å². The lowest BCUT2D eigenvalue weighted by atomic mass is 10.2. The summed E-state index contributed by atoms with van der Waals surface area (Å²) in [7, 11) is 0. The van der Waals surface area contributed by atoms with Crippen LogP contribution in [0.25, 0.3) is 0 Å². The van der Waals surface area contributed by atoms with Crippen molar-refractivity contribution in [1.82, 2.24) is 5.32 Å². The lowest BCUT2D eigenvalue weighted by Crippen LogP contribution is -2.24. The van der Waals surface area contributed by atoms with E-state index in [1.807, 2.05) is 13.8 Å². The van der Waals surface area contributed by atoms with Gasteiger partial charge >= 0.3 is 6.09 Å². The highest BCUT2D eigenvalue weighted by atomic mass is 16.4. The van der Waals surface area contributed by atoms with Crippen LogP contribution in [-0.4, -0.2) is 17.2 Å². The molecule has 0 aliphatic carbocycles. The fraction of sp³-hybridized carbons (Fsp3) is 0.833. The highest BCUT2D eigenvalue weighted by Gasteiger charge is 2.07. The molecule has 3 heteroatoms. The molecule has 0 saturated carbocycles. The van der Waals surface area contributed by atoms with E-state index in [-0.39, 0.29) is 6.04 Å². The molecule has 0 fully saturated rings. The van der Waals surface area contributed by atoms with Gasteiger partial charge in [0.2, 0.25) is 0 Å². The maximum atomic E-state index is 9.96. The van der Waals surface area contributed by atoms with Crippen molar-refractivity contribution in [3.63, 3.8) is 0 Å². The van der Waals surface area contributed by atoms with E-state index in [0.29, 0.717) is 0 Å². The first-order valence-electron chi connectivity index (χ1n) is 3.14. The molecule has 0 atom stereocenters. The first-order chi connectivity index (χ1) is 4.20. The second kappa shape index (κ2) is 4.18. The lowest BCUT2D eigenvalue weighted by molar-refractivity contribution is 0.187. The Morgan fingerprint density at radius 3 is 2.11 bits per heavy atom. The molecule has 53 valence electrons. The third-order valence-electron chi connectivity index (χ3n) is 1.24. The van der Waals surface area contributed by atoms with Gasteiger partial charge in [-0.15, -0.1) is 0 Å². The average molecular weight is 130 g/mol. The van der Waals surface area contributed by atoms with Crippen LogP contribution < -0.4 is 5.32 Å². The number of hydrogen-bond acceptors (Lipinski definition) is 1. The molecule has 0 bridgehead atoms. The summed E-state index contributed by atoms with van der Waals surface area (Å²) >= 11 is 0. The van der Waals surface area contributed by atoms with Crippen LogP contribution in [-0.2, 0) is 0 Å². The molecule has 1 N–H and O–H groups in total. The Morgan fingerprint density at radius 1 is 1.56 bits per heavy atom. The summed E-state index contributed by atoms with van der Waals surface area (Å²) in [6.45, 7) is 3.86. The Bertz CT molecular complexity index is 89.1. The maximum absolute atomic E-state index is 9.96. The predicted octanol–water partition coefficient (Wildman–Crippen LogP) is 1.46. The van der Waals surface area contributed by atoms with Gasteiger partial charge in [0.15, 0.2) is 0 Å². The SMILES string of the molecule is CCC(CC)[N]C(=O)O. The largest absolute Gasteiger partial charge is 0.464 e. The summed E-state index contributed by atoms with van der Waals surface area (Å²) in [4.78, 5) is 9.96. The van der Waals surface area contributed by atoms with E-state index in [2.05, 4.69) is 5.32 Å². The standard InChI is InChI=1S/C6H12NO2/c1-3-5(4-2)7-6(8)9/h5H,3-4H2,1-2H3,(H,8,9). The third kappa shape index (κ3) is 3.82. The Balaban J connectivity index is 3.43. The Kier molecular flexibility index (Phi) is 3.84. The molecular formula is C6H12NO2. The van der Waals surface area contributed by atoms with Crippen molar-refractivity contribution in [2.75, 3.05) is 0 Å². The van der Waals surface area contributed by atoms with E-state index in [1.54, 1.807) is 0 Å². The molecule has 1 amide bonds. The summed E-state index contributed by atoms with van der Waals surface area (Å²) < 4.78 is 0. The number of rotatable bonds is 3. The second-order valence-corrected chi connectivity index (χ2v) is 1.88. The van der Waals surface area contributed by atoms with Gasteiger partial charge in [-0.2, -0.15) is 0 Å². The molecule has 0 unspecified atom stereocenters. The normalized spacial score (nSPS) is 9.67. The molecular weight excluding hydrogens is 118 g/mol. The van der Waals surface area contributed by atoms with Gasteiger partial charge in [0.1, 0.15) is 0 Å². The summed E-state index contributed by atoms with van der Waals surface area (Å²) in [5.74, 6) is 0. The smallest absolute Gasteiger partial charge is 0.426 e. The van der Waals surface area contributed by atoms with Crippen molar-refractivity contribution < 1.29 is 9.90 Å². The van der Waals surface area contributed by atoms with E-state index in [1.165, 1.54) is 0 Å². The zero-order valence-corrected chi connectivity index (χ0v) is 5.79. The molecule has 0 aromatic carbocycles. The molecule has 1 radical (unpaired) electrons. The number of carbonyl (C=O) groups is 1. The number of amides is 1. The van der Waals surface area contributed by atoms with E-state index in [0.717, 1.165) is 12.8 Å². The fourth-order valence-corrected chi connectivity index (χ4v) is 0.627. The molecule has 0 spiro atoms.